The summed E-state index contributed by atoms with van der Waals surface area (Å²) in [6, 6.07) is 15.6. The number of aryl methyl sites for hydroxylation is 1. The second kappa shape index (κ2) is 9.67. The molecule has 0 radical (unpaired) electrons. The SMILES string of the molecule is Cc1ccc(NC(=O)C(C)Sc2nnc(COc3ccc(C(C)C)cc3)n2N)cc1. The van der Waals surface area contributed by atoms with Gasteiger partial charge in [0.15, 0.2) is 5.82 Å². The molecule has 3 rings (SSSR count). The molecule has 0 saturated heterocycles. The van der Waals surface area contributed by atoms with E-state index >= 15 is 0 Å². The molecule has 0 saturated carbocycles. The topological polar surface area (TPSA) is 95.1 Å². The molecule has 0 bridgehead atoms. The Morgan fingerprint density at radius 3 is 2.40 bits per heavy atom. The van der Waals surface area contributed by atoms with Crippen LogP contribution >= 0.6 is 11.8 Å². The molecule has 158 valence electrons. The highest BCUT2D eigenvalue weighted by molar-refractivity contribution is 8.00. The third-order valence-corrected chi connectivity index (χ3v) is 5.68. The first-order valence-corrected chi connectivity index (χ1v) is 10.7. The molecule has 1 aromatic heterocycles. The average Bonchev–Trinajstić information content (AvgIpc) is 3.07. The van der Waals surface area contributed by atoms with Gasteiger partial charge in [-0.3, -0.25) is 4.79 Å². The van der Waals surface area contributed by atoms with Crippen LogP contribution in [-0.4, -0.2) is 26.0 Å². The van der Waals surface area contributed by atoms with E-state index in [0.717, 1.165) is 17.0 Å². The summed E-state index contributed by atoms with van der Waals surface area (Å²) in [6.07, 6.45) is 0. The largest absolute Gasteiger partial charge is 0.486 e. The van der Waals surface area contributed by atoms with E-state index in [2.05, 4.69) is 29.4 Å². The van der Waals surface area contributed by atoms with Gasteiger partial charge in [0.05, 0.1) is 5.25 Å². The monoisotopic (exact) mass is 425 g/mol. The van der Waals surface area contributed by atoms with Gasteiger partial charge in [-0.15, -0.1) is 10.2 Å². The Bertz CT molecular complexity index is 984. The first kappa shape index (κ1) is 21.7. The quantitative estimate of drug-likeness (QED) is 0.416. The van der Waals surface area contributed by atoms with Crippen LogP contribution in [0, 0.1) is 6.92 Å². The van der Waals surface area contributed by atoms with Crippen molar-refractivity contribution in [3.8, 4) is 5.75 Å². The lowest BCUT2D eigenvalue weighted by molar-refractivity contribution is -0.115. The number of ether oxygens (including phenoxy) is 1. The summed E-state index contributed by atoms with van der Waals surface area (Å²) < 4.78 is 7.13. The summed E-state index contributed by atoms with van der Waals surface area (Å²) in [7, 11) is 0. The molecular formula is C22H27N5O2S. The maximum absolute atomic E-state index is 12.5. The number of carbonyl (C=O) groups excluding carboxylic acids is 1. The molecule has 0 aliphatic carbocycles. The minimum absolute atomic E-state index is 0.130. The number of aromatic nitrogens is 3. The van der Waals surface area contributed by atoms with Gasteiger partial charge >= 0.3 is 0 Å². The molecule has 3 N–H and O–H groups in total. The number of nitrogens with zero attached hydrogens (tertiary/aromatic N) is 3. The van der Waals surface area contributed by atoms with Crippen LogP contribution < -0.4 is 15.9 Å². The fourth-order valence-electron chi connectivity index (χ4n) is 2.68. The van der Waals surface area contributed by atoms with Crippen molar-refractivity contribution >= 4 is 23.4 Å². The lowest BCUT2D eigenvalue weighted by Gasteiger charge is -2.12. The number of anilines is 1. The minimum atomic E-state index is -0.393. The Morgan fingerprint density at radius 1 is 1.10 bits per heavy atom. The zero-order chi connectivity index (χ0) is 21.7. The van der Waals surface area contributed by atoms with Crippen molar-refractivity contribution in [3.63, 3.8) is 0 Å². The maximum atomic E-state index is 12.5. The van der Waals surface area contributed by atoms with Crippen LogP contribution in [0.4, 0.5) is 5.69 Å². The third-order valence-electron chi connectivity index (χ3n) is 4.62. The molecule has 7 nitrogen and oxygen atoms in total. The van der Waals surface area contributed by atoms with Gasteiger partial charge in [-0.1, -0.05) is 55.4 Å². The van der Waals surface area contributed by atoms with Gasteiger partial charge in [-0.05, 0) is 49.6 Å². The third kappa shape index (κ3) is 5.54. The highest BCUT2D eigenvalue weighted by Crippen LogP contribution is 2.23. The molecule has 0 aliphatic heterocycles. The molecule has 30 heavy (non-hydrogen) atoms. The summed E-state index contributed by atoms with van der Waals surface area (Å²) in [6.45, 7) is 8.28. The van der Waals surface area contributed by atoms with E-state index < -0.39 is 5.25 Å². The number of rotatable bonds is 8. The summed E-state index contributed by atoms with van der Waals surface area (Å²) in [5, 5.41) is 11.1. The van der Waals surface area contributed by atoms with E-state index in [1.165, 1.54) is 22.0 Å². The standard InChI is InChI=1S/C22H27N5O2S/c1-14(2)17-7-11-19(12-8-17)29-13-20-25-26-22(27(20)23)30-16(4)21(28)24-18-9-5-15(3)6-10-18/h5-12,14,16H,13,23H2,1-4H3,(H,24,28). The van der Waals surface area contributed by atoms with Gasteiger partial charge in [0.25, 0.3) is 0 Å². The zero-order valence-corrected chi connectivity index (χ0v) is 18.4. The smallest absolute Gasteiger partial charge is 0.237 e. The van der Waals surface area contributed by atoms with Gasteiger partial charge in [-0.25, -0.2) is 4.68 Å². The Labute approximate surface area is 181 Å². The van der Waals surface area contributed by atoms with Crippen molar-refractivity contribution in [1.82, 2.24) is 14.9 Å². The summed E-state index contributed by atoms with van der Waals surface area (Å²) in [5.41, 5.74) is 3.14. The highest BCUT2D eigenvalue weighted by atomic mass is 32.2. The number of thioether (sulfide) groups is 1. The molecule has 0 fully saturated rings. The number of carbonyl (C=O) groups is 1. The van der Waals surface area contributed by atoms with Crippen LogP contribution in [-0.2, 0) is 11.4 Å². The van der Waals surface area contributed by atoms with Gasteiger partial charge in [0.2, 0.25) is 11.1 Å². The molecule has 1 unspecified atom stereocenters. The summed E-state index contributed by atoms with van der Waals surface area (Å²) in [5.74, 6) is 7.67. The number of amides is 1. The van der Waals surface area contributed by atoms with E-state index in [-0.39, 0.29) is 12.5 Å². The van der Waals surface area contributed by atoms with E-state index in [1.807, 2.05) is 55.5 Å². The zero-order valence-electron chi connectivity index (χ0n) is 17.6. The van der Waals surface area contributed by atoms with Gasteiger partial charge in [-0.2, -0.15) is 0 Å². The fourth-order valence-corrected chi connectivity index (χ4v) is 3.46. The Hall–Kier alpha value is -3.00. The molecule has 1 amide bonds. The molecule has 1 heterocycles. The van der Waals surface area contributed by atoms with Crippen molar-refractivity contribution in [2.45, 2.75) is 50.6 Å². The first-order valence-electron chi connectivity index (χ1n) is 9.80. The number of nitrogen functional groups attached to an aromatic ring is 1. The minimum Gasteiger partial charge on any atom is -0.486 e. The van der Waals surface area contributed by atoms with E-state index in [9.17, 15) is 4.79 Å². The molecule has 1 atom stereocenters. The Morgan fingerprint density at radius 2 is 1.77 bits per heavy atom. The normalized spacial score (nSPS) is 12.0. The fraction of sp³-hybridized carbons (Fsp3) is 0.318. The number of hydrogen-bond donors (Lipinski definition) is 2. The Kier molecular flexibility index (Phi) is 6.99. The molecule has 8 heteroatoms. The Balaban J connectivity index is 1.56. The van der Waals surface area contributed by atoms with E-state index in [1.54, 1.807) is 6.92 Å². The number of benzene rings is 2. The predicted octanol–water partition coefficient (Wildman–Crippen LogP) is 4.12. The van der Waals surface area contributed by atoms with Crippen molar-refractivity contribution in [1.29, 1.82) is 0 Å². The van der Waals surface area contributed by atoms with E-state index in [0.29, 0.717) is 16.9 Å². The van der Waals surface area contributed by atoms with Crippen LogP contribution in [0.2, 0.25) is 0 Å². The van der Waals surface area contributed by atoms with Gasteiger partial charge < -0.3 is 15.9 Å². The van der Waals surface area contributed by atoms with Gasteiger partial charge in [0.1, 0.15) is 12.4 Å². The lowest BCUT2D eigenvalue weighted by Crippen LogP contribution is -2.24. The summed E-state index contributed by atoms with van der Waals surface area (Å²) in [4.78, 5) is 12.5. The van der Waals surface area contributed by atoms with Gasteiger partial charge in [0, 0.05) is 5.69 Å². The average molecular weight is 426 g/mol. The van der Waals surface area contributed by atoms with Crippen LogP contribution in [0.15, 0.2) is 53.7 Å². The molecular weight excluding hydrogens is 398 g/mol. The van der Waals surface area contributed by atoms with Crippen LogP contribution in [0.5, 0.6) is 5.75 Å². The van der Waals surface area contributed by atoms with E-state index in [4.69, 9.17) is 10.6 Å². The molecule has 0 spiro atoms. The summed E-state index contributed by atoms with van der Waals surface area (Å²) >= 11 is 1.25. The molecule has 0 aliphatic rings. The molecule has 3 aromatic rings. The second-order valence-electron chi connectivity index (χ2n) is 7.40. The first-order chi connectivity index (χ1) is 14.3. The van der Waals surface area contributed by atoms with Crippen LogP contribution in [0.3, 0.4) is 0 Å². The second-order valence-corrected chi connectivity index (χ2v) is 8.70. The van der Waals surface area contributed by atoms with Crippen molar-refractivity contribution in [3.05, 3.63) is 65.5 Å². The van der Waals surface area contributed by atoms with Crippen LogP contribution in [0.1, 0.15) is 43.6 Å². The van der Waals surface area contributed by atoms with Crippen molar-refractivity contribution in [2.75, 3.05) is 11.2 Å². The number of nitrogens with one attached hydrogen (secondary N) is 1. The van der Waals surface area contributed by atoms with Crippen molar-refractivity contribution < 1.29 is 9.53 Å². The van der Waals surface area contributed by atoms with Crippen molar-refractivity contribution in [2.24, 2.45) is 0 Å². The number of nitrogens with two attached hydrogens (primary N) is 1. The molecule has 2 aromatic carbocycles. The predicted molar refractivity (Wildman–Crippen MR) is 120 cm³/mol. The maximum Gasteiger partial charge on any atom is 0.237 e. The van der Waals surface area contributed by atoms with Crippen LogP contribution in [0.25, 0.3) is 0 Å². The highest BCUT2D eigenvalue weighted by Gasteiger charge is 2.19. The number of hydrogen-bond acceptors (Lipinski definition) is 6. The lowest BCUT2D eigenvalue weighted by atomic mass is 10.0.